The molecule has 2 aliphatic heterocycles. The van der Waals surface area contributed by atoms with Crippen molar-refractivity contribution in [3.8, 4) is 5.75 Å². The van der Waals surface area contributed by atoms with Crippen LogP contribution in [0.25, 0.3) is 0 Å². The van der Waals surface area contributed by atoms with Gasteiger partial charge in [-0.15, -0.1) is 0 Å². The number of hydrogen-bond donors (Lipinski definition) is 0. The fourth-order valence-electron chi connectivity index (χ4n) is 3.95. The molecule has 0 N–H and O–H groups in total. The summed E-state index contributed by atoms with van der Waals surface area (Å²) < 4.78 is 5.55. The molecule has 0 aromatic heterocycles. The van der Waals surface area contributed by atoms with Crippen molar-refractivity contribution in [2.45, 2.75) is 19.4 Å². The van der Waals surface area contributed by atoms with Gasteiger partial charge in [0.1, 0.15) is 5.75 Å². The van der Waals surface area contributed by atoms with Gasteiger partial charge in [-0.1, -0.05) is 18.2 Å². The van der Waals surface area contributed by atoms with Crippen LogP contribution in [-0.2, 0) is 17.8 Å². The smallest absolute Gasteiger partial charge is 0.227 e. The van der Waals surface area contributed by atoms with Crippen LogP contribution in [0, 0.1) is 0 Å². The molecule has 5 heteroatoms. The summed E-state index contributed by atoms with van der Waals surface area (Å²) in [5, 5.41) is 0. The first-order chi connectivity index (χ1) is 13.1. The van der Waals surface area contributed by atoms with Gasteiger partial charge in [-0.05, 0) is 42.8 Å². The predicted molar refractivity (Wildman–Crippen MR) is 109 cm³/mol. The van der Waals surface area contributed by atoms with Crippen molar-refractivity contribution in [3.63, 3.8) is 0 Å². The zero-order valence-electron chi connectivity index (χ0n) is 16.1. The molecule has 142 valence electrons. The zero-order chi connectivity index (χ0) is 18.8. The van der Waals surface area contributed by atoms with Gasteiger partial charge in [0.2, 0.25) is 5.91 Å². The first-order valence-electron chi connectivity index (χ1n) is 9.64. The Morgan fingerprint density at radius 3 is 2.56 bits per heavy atom. The summed E-state index contributed by atoms with van der Waals surface area (Å²) in [4.78, 5) is 19.3. The number of likely N-dealkylation sites (N-methyl/N-ethyl adjacent to an activating group) is 1. The molecule has 2 aromatic rings. The van der Waals surface area contributed by atoms with Crippen LogP contribution < -0.4 is 14.5 Å². The number of fused-ring (bicyclic) bond motifs is 1. The van der Waals surface area contributed by atoms with Crippen LogP contribution in [-0.4, -0.2) is 51.1 Å². The van der Waals surface area contributed by atoms with E-state index in [9.17, 15) is 4.79 Å². The van der Waals surface area contributed by atoms with Crippen LogP contribution in [0.5, 0.6) is 5.75 Å². The van der Waals surface area contributed by atoms with Crippen LogP contribution in [0.2, 0.25) is 0 Å². The second-order valence-corrected chi connectivity index (χ2v) is 7.44. The van der Waals surface area contributed by atoms with Crippen LogP contribution in [0.1, 0.15) is 17.5 Å². The van der Waals surface area contributed by atoms with Gasteiger partial charge < -0.3 is 19.4 Å². The second kappa shape index (κ2) is 7.61. The largest absolute Gasteiger partial charge is 0.497 e. The average molecular weight is 365 g/mol. The van der Waals surface area contributed by atoms with Gasteiger partial charge in [-0.3, -0.25) is 4.79 Å². The van der Waals surface area contributed by atoms with Gasteiger partial charge in [-0.2, -0.15) is 0 Å². The summed E-state index contributed by atoms with van der Waals surface area (Å²) in [6.07, 6.45) is 1.41. The van der Waals surface area contributed by atoms with E-state index in [2.05, 4.69) is 35.0 Å². The number of carbonyl (C=O) groups excluding carboxylic acids is 1. The number of amides is 1. The molecular formula is C22H27N3O2. The fourth-order valence-corrected chi connectivity index (χ4v) is 3.95. The molecule has 1 saturated heterocycles. The van der Waals surface area contributed by atoms with E-state index in [0.29, 0.717) is 13.0 Å². The number of aryl methyl sites for hydroxylation is 1. The number of ether oxygens (including phenoxy) is 1. The van der Waals surface area contributed by atoms with E-state index in [0.717, 1.165) is 49.6 Å². The Morgan fingerprint density at radius 1 is 1.00 bits per heavy atom. The van der Waals surface area contributed by atoms with E-state index >= 15 is 0 Å². The zero-order valence-corrected chi connectivity index (χ0v) is 16.1. The predicted octanol–water partition coefficient (Wildman–Crippen LogP) is 2.93. The van der Waals surface area contributed by atoms with Crippen LogP contribution in [0.3, 0.4) is 0 Å². The Labute approximate surface area is 161 Å². The van der Waals surface area contributed by atoms with Crippen molar-refractivity contribution in [1.29, 1.82) is 0 Å². The molecule has 5 nitrogen and oxygen atoms in total. The van der Waals surface area contributed by atoms with E-state index in [4.69, 9.17) is 4.74 Å². The molecule has 0 aliphatic carbocycles. The third-order valence-electron chi connectivity index (χ3n) is 5.59. The second-order valence-electron chi connectivity index (χ2n) is 7.44. The lowest BCUT2D eigenvalue weighted by molar-refractivity contribution is -0.119. The first-order valence-corrected chi connectivity index (χ1v) is 9.64. The van der Waals surface area contributed by atoms with E-state index in [-0.39, 0.29) is 5.91 Å². The minimum absolute atomic E-state index is 0.192. The highest BCUT2D eigenvalue weighted by molar-refractivity contribution is 5.96. The molecule has 0 bridgehead atoms. The van der Waals surface area contributed by atoms with Crippen molar-refractivity contribution < 1.29 is 9.53 Å². The average Bonchev–Trinajstić information content (AvgIpc) is 2.70. The number of anilines is 2. The molecule has 2 aliphatic rings. The Bertz CT molecular complexity index is 828. The van der Waals surface area contributed by atoms with E-state index in [1.807, 2.05) is 29.2 Å². The van der Waals surface area contributed by atoms with E-state index in [1.165, 1.54) is 11.3 Å². The molecule has 1 amide bonds. The summed E-state index contributed by atoms with van der Waals surface area (Å²) in [6, 6.07) is 14.6. The van der Waals surface area contributed by atoms with Gasteiger partial charge in [0.15, 0.2) is 0 Å². The van der Waals surface area contributed by atoms with Gasteiger partial charge in [0.05, 0.1) is 13.7 Å². The maximum atomic E-state index is 12.6. The highest BCUT2D eigenvalue weighted by Crippen LogP contribution is 2.31. The summed E-state index contributed by atoms with van der Waals surface area (Å²) >= 11 is 0. The summed E-state index contributed by atoms with van der Waals surface area (Å²) in [5.74, 6) is 1.04. The number of rotatable bonds is 4. The third kappa shape index (κ3) is 3.78. The lowest BCUT2D eigenvalue weighted by Gasteiger charge is -2.35. The van der Waals surface area contributed by atoms with Crippen molar-refractivity contribution in [2.24, 2.45) is 0 Å². The molecule has 1 fully saturated rings. The maximum Gasteiger partial charge on any atom is 0.227 e. The highest BCUT2D eigenvalue weighted by atomic mass is 16.5. The van der Waals surface area contributed by atoms with Crippen molar-refractivity contribution in [3.05, 3.63) is 53.6 Å². The molecule has 2 aromatic carbocycles. The standard InChI is InChI=1S/C22H27N3O2/c1-23-9-11-24(12-10-23)19-13-17(14-20(15-19)27-2)16-25-21-6-4-3-5-18(21)7-8-22(25)26/h3-6,13-15H,7-12,16H2,1-2H3. The normalized spacial score (nSPS) is 17.8. The number of para-hydroxylation sites is 1. The Kier molecular flexibility index (Phi) is 5.03. The maximum absolute atomic E-state index is 12.6. The molecule has 0 atom stereocenters. The van der Waals surface area contributed by atoms with Gasteiger partial charge >= 0.3 is 0 Å². The summed E-state index contributed by atoms with van der Waals surface area (Å²) in [5.41, 5.74) is 4.57. The molecule has 0 unspecified atom stereocenters. The van der Waals surface area contributed by atoms with E-state index < -0.39 is 0 Å². The molecule has 4 rings (SSSR count). The minimum atomic E-state index is 0.192. The number of nitrogens with zero attached hydrogens (tertiary/aromatic N) is 3. The number of benzene rings is 2. The van der Waals surface area contributed by atoms with Gasteiger partial charge in [0, 0.05) is 50.0 Å². The van der Waals surface area contributed by atoms with Crippen molar-refractivity contribution in [2.75, 3.05) is 50.1 Å². The summed E-state index contributed by atoms with van der Waals surface area (Å²) in [6.45, 7) is 4.71. The van der Waals surface area contributed by atoms with E-state index in [1.54, 1.807) is 7.11 Å². The molecule has 2 heterocycles. The molecule has 27 heavy (non-hydrogen) atoms. The number of methoxy groups -OCH3 is 1. The molecule has 0 spiro atoms. The first kappa shape index (κ1) is 17.9. The van der Waals surface area contributed by atoms with Gasteiger partial charge in [0.25, 0.3) is 0 Å². The number of hydrogen-bond acceptors (Lipinski definition) is 4. The minimum Gasteiger partial charge on any atom is -0.497 e. The van der Waals surface area contributed by atoms with Crippen LogP contribution >= 0.6 is 0 Å². The number of piperazine rings is 1. The Hall–Kier alpha value is -2.53. The Morgan fingerprint density at radius 2 is 1.78 bits per heavy atom. The number of carbonyl (C=O) groups is 1. The van der Waals surface area contributed by atoms with Crippen LogP contribution in [0.4, 0.5) is 11.4 Å². The monoisotopic (exact) mass is 365 g/mol. The van der Waals surface area contributed by atoms with Crippen LogP contribution in [0.15, 0.2) is 42.5 Å². The topological polar surface area (TPSA) is 36.0 Å². The highest BCUT2D eigenvalue weighted by Gasteiger charge is 2.24. The van der Waals surface area contributed by atoms with Crippen molar-refractivity contribution in [1.82, 2.24) is 4.90 Å². The van der Waals surface area contributed by atoms with Crippen molar-refractivity contribution >= 4 is 17.3 Å². The quantitative estimate of drug-likeness (QED) is 0.835. The SMILES string of the molecule is COc1cc(CN2C(=O)CCc3ccccc32)cc(N2CCN(C)CC2)c1. The fraction of sp³-hybridized carbons (Fsp3) is 0.409. The molecular weight excluding hydrogens is 338 g/mol. The van der Waals surface area contributed by atoms with Gasteiger partial charge in [-0.25, -0.2) is 0 Å². The molecule has 0 saturated carbocycles. The molecule has 0 radical (unpaired) electrons. The summed E-state index contributed by atoms with van der Waals surface area (Å²) in [7, 11) is 3.86. The lowest BCUT2D eigenvalue weighted by atomic mass is 10.0. The lowest BCUT2D eigenvalue weighted by Crippen LogP contribution is -2.44. The third-order valence-corrected chi connectivity index (χ3v) is 5.59. The Balaban J connectivity index is 1.62.